The van der Waals surface area contributed by atoms with E-state index in [0.717, 1.165) is 10.2 Å². The number of hydrogen-bond acceptors (Lipinski definition) is 3. The van der Waals surface area contributed by atoms with E-state index in [-0.39, 0.29) is 5.78 Å². The molecule has 0 spiro atoms. The van der Waals surface area contributed by atoms with Gasteiger partial charge >= 0.3 is 0 Å². The summed E-state index contributed by atoms with van der Waals surface area (Å²) in [6.07, 6.45) is 0. The van der Waals surface area contributed by atoms with Crippen LogP contribution in [0.15, 0.2) is 46.9 Å². The van der Waals surface area contributed by atoms with Crippen molar-refractivity contribution < 1.29 is 4.79 Å². The van der Waals surface area contributed by atoms with Crippen molar-refractivity contribution >= 4 is 33.1 Å². The van der Waals surface area contributed by atoms with E-state index in [4.69, 9.17) is 5.73 Å². The summed E-state index contributed by atoms with van der Waals surface area (Å²) >= 11 is 3.40. The number of anilines is 2. The molecule has 98 valence electrons. The summed E-state index contributed by atoms with van der Waals surface area (Å²) in [6.45, 7) is 2.22. The molecule has 0 amide bonds. The van der Waals surface area contributed by atoms with E-state index in [2.05, 4.69) is 21.2 Å². The summed E-state index contributed by atoms with van der Waals surface area (Å²) in [7, 11) is 0. The van der Waals surface area contributed by atoms with Gasteiger partial charge in [-0.2, -0.15) is 0 Å². The van der Waals surface area contributed by atoms with Crippen LogP contribution in [-0.4, -0.2) is 5.78 Å². The first-order valence-electron chi connectivity index (χ1n) is 5.95. The lowest BCUT2D eigenvalue weighted by Gasteiger charge is -2.09. The molecule has 0 aromatic heterocycles. The molecule has 0 saturated carbocycles. The average Bonchev–Trinajstić information content (AvgIpc) is 2.39. The van der Waals surface area contributed by atoms with Gasteiger partial charge in [0.15, 0.2) is 5.78 Å². The maximum absolute atomic E-state index is 11.4. The number of nitrogen functional groups attached to an aromatic ring is 1. The van der Waals surface area contributed by atoms with Crippen molar-refractivity contribution in [1.82, 2.24) is 0 Å². The molecular formula is C15H15BrN2O. The Balaban J connectivity index is 2.09. The number of halogens is 1. The van der Waals surface area contributed by atoms with Crippen LogP contribution in [0.2, 0.25) is 0 Å². The van der Waals surface area contributed by atoms with Gasteiger partial charge in [-0.1, -0.05) is 28.1 Å². The SMILES string of the molecule is CC(=O)c1cc(NCc2ccc(Br)cc2)ccc1N. The van der Waals surface area contributed by atoms with Crippen molar-refractivity contribution in [3.05, 3.63) is 58.1 Å². The molecule has 2 aromatic rings. The Morgan fingerprint density at radius 3 is 2.53 bits per heavy atom. The zero-order chi connectivity index (χ0) is 13.8. The van der Waals surface area contributed by atoms with E-state index in [1.807, 2.05) is 30.3 Å². The Bertz CT molecular complexity index is 594. The van der Waals surface area contributed by atoms with Gasteiger partial charge in [0.25, 0.3) is 0 Å². The molecule has 2 rings (SSSR count). The van der Waals surface area contributed by atoms with Crippen LogP contribution in [0.25, 0.3) is 0 Å². The lowest BCUT2D eigenvalue weighted by atomic mass is 10.1. The number of nitrogens with two attached hydrogens (primary N) is 1. The lowest BCUT2D eigenvalue weighted by molar-refractivity contribution is 0.101. The molecule has 0 saturated heterocycles. The topological polar surface area (TPSA) is 55.1 Å². The van der Waals surface area contributed by atoms with Gasteiger partial charge in [0.1, 0.15) is 0 Å². The van der Waals surface area contributed by atoms with Crippen LogP contribution < -0.4 is 11.1 Å². The molecule has 0 atom stereocenters. The third-order valence-electron chi connectivity index (χ3n) is 2.84. The van der Waals surface area contributed by atoms with Gasteiger partial charge in [0.2, 0.25) is 0 Å². The third kappa shape index (κ3) is 3.58. The minimum absolute atomic E-state index is 0.0233. The highest BCUT2D eigenvalue weighted by atomic mass is 79.9. The molecule has 2 aromatic carbocycles. The van der Waals surface area contributed by atoms with E-state index in [0.29, 0.717) is 17.8 Å². The number of carbonyl (C=O) groups is 1. The van der Waals surface area contributed by atoms with Crippen molar-refractivity contribution in [3.63, 3.8) is 0 Å². The summed E-state index contributed by atoms with van der Waals surface area (Å²) in [6, 6.07) is 13.5. The third-order valence-corrected chi connectivity index (χ3v) is 3.37. The van der Waals surface area contributed by atoms with Crippen molar-refractivity contribution in [3.8, 4) is 0 Å². The van der Waals surface area contributed by atoms with Gasteiger partial charge in [-0.15, -0.1) is 0 Å². The van der Waals surface area contributed by atoms with Crippen LogP contribution in [-0.2, 0) is 6.54 Å². The number of hydrogen-bond donors (Lipinski definition) is 2. The van der Waals surface area contributed by atoms with Crippen LogP contribution >= 0.6 is 15.9 Å². The maximum Gasteiger partial charge on any atom is 0.161 e. The van der Waals surface area contributed by atoms with Crippen LogP contribution in [0.5, 0.6) is 0 Å². The molecule has 4 heteroatoms. The van der Waals surface area contributed by atoms with E-state index in [9.17, 15) is 4.79 Å². The summed E-state index contributed by atoms with van der Waals surface area (Å²) in [4.78, 5) is 11.4. The summed E-state index contributed by atoms with van der Waals surface area (Å²) in [5, 5.41) is 3.28. The molecule has 0 aliphatic heterocycles. The quantitative estimate of drug-likeness (QED) is 0.665. The molecule has 0 aliphatic rings. The van der Waals surface area contributed by atoms with Crippen LogP contribution in [0.3, 0.4) is 0 Å². The Hall–Kier alpha value is -1.81. The van der Waals surface area contributed by atoms with Crippen molar-refractivity contribution in [2.45, 2.75) is 13.5 Å². The van der Waals surface area contributed by atoms with Crippen molar-refractivity contribution in [1.29, 1.82) is 0 Å². The molecule has 3 N–H and O–H groups in total. The Kier molecular flexibility index (Phi) is 4.22. The summed E-state index contributed by atoms with van der Waals surface area (Å²) in [5.41, 5.74) is 8.89. The molecule has 0 radical (unpaired) electrons. The van der Waals surface area contributed by atoms with Crippen molar-refractivity contribution in [2.75, 3.05) is 11.1 Å². The van der Waals surface area contributed by atoms with Gasteiger partial charge in [0, 0.05) is 28.0 Å². The largest absolute Gasteiger partial charge is 0.398 e. The zero-order valence-corrected chi connectivity index (χ0v) is 12.2. The van der Waals surface area contributed by atoms with Crippen LogP contribution in [0.1, 0.15) is 22.8 Å². The van der Waals surface area contributed by atoms with E-state index >= 15 is 0 Å². The number of Topliss-reactive ketones (excluding diaryl/α,β-unsaturated/α-hetero) is 1. The second kappa shape index (κ2) is 5.89. The average molecular weight is 319 g/mol. The molecule has 3 nitrogen and oxygen atoms in total. The second-order valence-electron chi connectivity index (χ2n) is 4.34. The predicted octanol–water partition coefficient (Wildman–Crippen LogP) is 3.85. The number of benzene rings is 2. The highest BCUT2D eigenvalue weighted by molar-refractivity contribution is 9.10. The van der Waals surface area contributed by atoms with E-state index in [1.165, 1.54) is 12.5 Å². The zero-order valence-electron chi connectivity index (χ0n) is 10.6. The number of carbonyl (C=O) groups excluding carboxylic acids is 1. The van der Waals surface area contributed by atoms with Gasteiger partial charge in [-0.3, -0.25) is 4.79 Å². The monoisotopic (exact) mass is 318 g/mol. The molecule has 0 heterocycles. The fourth-order valence-electron chi connectivity index (χ4n) is 1.78. The number of nitrogens with one attached hydrogen (secondary N) is 1. The standard InChI is InChI=1S/C15H15BrN2O/c1-10(19)14-8-13(6-7-15(14)17)18-9-11-2-4-12(16)5-3-11/h2-8,18H,9,17H2,1H3. The normalized spacial score (nSPS) is 10.2. The first kappa shape index (κ1) is 13.6. The minimum Gasteiger partial charge on any atom is -0.398 e. The smallest absolute Gasteiger partial charge is 0.161 e. The molecule has 0 unspecified atom stereocenters. The van der Waals surface area contributed by atoms with Crippen LogP contribution in [0, 0.1) is 0 Å². The molecule has 0 bridgehead atoms. The van der Waals surface area contributed by atoms with E-state index < -0.39 is 0 Å². The Morgan fingerprint density at radius 1 is 1.21 bits per heavy atom. The molecule has 0 aliphatic carbocycles. The van der Waals surface area contributed by atoms with E-state index in [1.54, 1.807) is 12.1 Å². The second-order valence-corrected chi connectivity index (χ2v) is 5.25. The molecule has 19 heavy (non-hydrogen) atoms. The first-order valence-corrected chi connectivity index (χ1v) is 6.74. The van der Waals surface area contributed by atoms with Crippen LogP contribution in [0.4, 0.5) is 11.4 Å². The fourth-order valence-corrected chi connectivity index (χ4v) is 2.04. The minimum atomic E-state index is -0.0233. The summed E-state index contributed by atoms with van der Waals surface area (Å²) < 4.78 is 1.06. The fraction of sp³-hybridized carbons (Fsp3) is 0.133. The van der Waals surface area contributed by atoms with Gasteiger partial charge in [-0.05, 0) is 42.8 Å². The van der Waals surface area contributed by atoms with Gasteiger partial charge in [-0.25, -0.2) is 0 Å². The Labute approximate surface area is 121 Å². The van der Waals surface area contributed by atoms with Crippen molar-refractivity contribution in [2.24, 2.45) is 0 Å². The summed E-state index contributed by atoms with van der Waals surface area (Å²) in [5.74, 6) is -0.0233. The first-order chi connectivity index (χ1) is 9.06. The molecular weight excluding hydrogens is 304 g/mol. The highest BCUT2D eigenvalue weighted by Crippen LogP contribution is 2.19. The Morgan fingerprint density at radius 2 is 1.89 bits per heavy atom. The highest BCUT2D eigenvalue weighted by Gasteiger charge is 2.05. The number of ketones is 1. The van der Waals surface area contributed by atoms with Gasteiger partial charge in [0.05, 0.1) is 0 Å². The number of rotatable bonds is 4. The lowest BCUT2D eigenvalue weighted by Crippen LogP contribution is -2.03. The maximum atomic E-state index is 11.4. The predicted molar refractivity (Wildman–Crippen MR) is 82.3 cm³/mol. The van der Waals surface area contributed by atoms with Gasteiger partial charge < -0.3 is 11.1 Å². The molecule has 0 fully saturated rings.